The molecule has 11 heteroatoms. The van der Waals surface area contributed by atoms with Gasteiger partial charge in [-0.25, -0.2) is 4.98 Å². The molecule has 1 saturated carbocycles. The summed E-state index contributed by atoms with van der Waals surface area (Å²) in [7, 11) is 0. The van der Waals surface area contributed by atoms with Gasteiger partial charge in [-0.05, 0) is 48.6 Å². The first-order chi connectivity index (χ1) is 15.1. The van der Waals surface area contributed by atoms with Crippen LogP contribution in [0.1, 0.15) is 34.5 Å². The van der Waals surface area contributed by atoms with E-state index >= 15 is 4.39 Å². The van der Waals surface area contributed by atoms with E-state index in [-0.39, 0.29) is 28.3 Å². The fourth-order valence-electron chi connectivity index (χ4n) is 3.88. The molecule has 1 aromatic carbocycles. The van der Waals surface area contributed by atoms with Gasteiger partial charge in [0.2, 0.25) is 0 Å². The molecule has 0 radical (unpaired) electrons. The second-order valence-electron chi connectivity index (χ2n) is 7.60. The number of nitrogens with zero attached hydrogens (tertiary/aromatic N) is 3. The van der Waals surface area contributed by atoms with Crippen molar-refractivity contribution in [3.8, 4) is 6.07 Å². The van der Waals surface area contributed by atoms with Crippen LogP contribution in [-0.2, 0) is 10.3 Å². The summed E-state index contributed by atoms with van der Waals surface area (Å²) in [6.07, 6.45) is -3.53. The van der Waals surface area contributed by atoms with Crippen molar-refractivity contribution in [2.75, 3.05) is 11.9 Å². The van der Waals surface area contributed by atoms with Crippen LogP contribution in [0.25, 0.3) is 0 Å². The van der Waals surface area contributed by atoms with Crippen LogP contribution in [0.2, 0.25) is 0 Å². The van der Waals surface area contributed by atoms with Gasteiger partial charge in [-0.1, -0.05) is 12.1 Å². The number of carbonyl (C=O) groups is 1. The number of carbonyl (C=O) groups excluding carboxylic acids is 1. The van der Waals surface area contributed by atoms with E-state index in [1.165, 1.54) is 42.6 Å². The summed E-state index contributed by atoms with van der Waals surface area (Å²) < 4.78 is 62.0. The number of amides is 1. The van der Waals surface area contributed by atoms with Gasteiger partial charge in [0.15, 0.2) is 5.54 Å². The molecule has 0 spiro atoms. The third kappa shape index (κ3) is 3.46. The first-order valence-electron chi connectivity index (χ1n) is 9.62. The molecule has 1 amide bonds. The van der Waals surface area contributed by atoms with E-state index in [4.69, 9.17) is 11.0 Å². The molecule has 0 saturated heterocycles. The zero-order valence-corrected chi connectivity index (χ0v) is 16.5. The molecule has 2 aromatic rings. The molecular weight excluding hydrogens is 430 g/mol. The minimum Gasteiger partial charge on any atom is -0.385 e. The second kappa shape index (κ2) is 7.56. The van der Waals surface area contributed by atoms with Gasteiger partial charge in [0, 0.05) is 11.9 Å². The summed E-state index contributed by atoms with van der Waals surface area (Å²) in [5.74, 6) is -5.76. The van der Waals surface area contributed by atoms with Crippen molar-refractivity contribution in [2.24, 2.45) is 16.6 Å². The van der Waals surface area contributed by atoms with Crippen molar-refractivity contribution in [1.82, 2.24) is 4.98 Å². The van der Waals surface area contributed by atoms with Gasteiger partial charge < -0.3 is 15.8 Å². The number of aromatic nitrogens is 1. The van der Waals surface area contributed by atoms with E-state index in [1.54, 1.807) is 0 Å². The van der Waals surface area contributed by atoms with Crippen LogP contribution in [0.5, 0.6) is 0 Å². The number of hydrogen-bond acceptors (Lipinski definition) is 6. The molecular formula is C21H17F4N5O2. The van der Waals surface area contributed by atoms with Crippen molar-refractivity contribution >= 4 is 17.4 Å². The molecule has 2 heterocycles. The monoisotopic (exact) mass is 447 g/mol. The SMILES string of the molecule is N#Cc1ccc(C(=O)Nc2cccc(C3(C4CC4)N=C(N)COC3(F)C(F)(F)F)c2)nc1. The summed E-state index contributed by atoms with van der Waals surface area (Å²) in [4.78, 5) is 20.3. The molecule has 0 bridgehead atoms. The fraction of sp³-hybridized carbons (Fsp3) is 0.333. The van der Waals surface area contributed by atoms with Crippen LogP contribution in [0, 0.1) is 17.2 Å². The summed E-state index contributed by atoms with van der Waals surface area (Å²) in [6.45, 7) is -0.786. The number of anilines is 1. The minimum absolute atomic E-state index is 0.00953. The number of benzene rings is 1. The highest BCUT2D eigenvalue weighted by molar-refractivity contribution is 6.02. The minimum atomic E-state index is -5.37. The van der Waals surface area contributed by atoms with Crippen LogP contribution in [0.4, 0.5) is 23.2 Å². The molecule has 32 heavy (non-hydrogen) atoms. The van der Waals surface area contributed by atoms with E-state index < -0.39 is 36.0 Å². The Labute approximate surface area is 179 Å². The number of nitrogens with one attached hydrogen (secondary N) is 1. The third-order valence-electron chi connectivity index (χ3n) is 5.45. The number of nitriles is 1. The van der Waals surface area contributed by atoms with Crippen LogP contribution in [0.15, 0.2) is 47.6 Å². The molecule has 3 N–H and O–H groups in total. The van der Waals surface area contributed by atoms with Gasteiger partial charge in [-0.15, -0.1) is 0 Å². The van der Waals surface area contributed by atoms with Gasteiger partial charge in [-0.3, -0.25) is 9.79 Å². The first-order valence-corrected chi connectivity index (χ1v) is 9.62. The molecule has 1 aromatic heterocycles. The van der Waals surface area contributed by atoms with E-state index in [2.05, 4.69) is 20.0 Å². The number of pyridine rings is 1. The number of ether oxygens (including phenoxy) is 1. The molecule has 1 fully saturated rings. The van der Waals surface area contributed by atoms with Crippen LogP contribution >= 0.6 is 0 Å². The molecule has 2 aliphatic rings. The Hall–Kier alpha value is -3.52. The van der Waals surface area contributed by atoms with Crippen LogP contribution in [-0.4, -0.2) is 35.4 Å². The average Bonchev–Trinajstić information content (AvgIpc) is 3.60. The Kier molecular flexibility index (Phi) is 5.13. The van der Waals surface area contributed by atoms with Gasteiger partial charge in [0.1, 0.15) is 24.2 Å². The molecule has 2 unspecified atom stereocenters. The van der Waals surface area contributed by atoms with Crippen molar-refractivity contribution < 1.29 is 27.1 Å². The molecule has 1 aliphatic heterocycles. The number of hydrogen-bond donors (Lipinski definition) is 2. The summed E-state index contributed by atoms with van der Waals surface area (Å²) in [5.41, 5.74) is 3.50. The summed E-state index contributed by atoms with van der Waals surface area (Å²) in [6, 6.07) is 9.97. The average molecular weight is 447 g/mol. The lowest BCUT2D eigenvalue weighted by atomic mass is 9.77. The first kappa shape index (κ1) is 21.7. The van der Waals surface area contributed by atoms with E-state index in [1.807, 2.05) is 6.07 Å². The molecule has 7 nitrogen and oxygen atoms in total. The number of aliphatic imine (C=N–C) groups is 1. The maximum absolute atomic E-state index is 15.6. The van der Waals surface area contributed by atoms with E-state index in [9.17, 15) is 18.0 Å². The largest absolute Gasteiger partial charge is 0.451 e. The lowest BCUT2D eigenvalue weighted by Crippen LogP contribution is -2.63. The highest BCUT2D eigenvalue weighted by Gasteiger charge is 2.76. The van der Waals surface area contributed by atoms with Crippen LogP contribution in [0.3, 0.4) is 0 Å². The van der Waals surface area contributed by atoms with Gasteiger partial charge in [0.25, 0.3) is 5.91 Å². The third-order valence-corrected chi connectivity index (χ3v) is 5.45. The Morgan fingerprint density at radius 2 is 2.03 bits per heavy atom. The lowest BCUT2D eigenvalue weighted by molar-refractivity contribution is -0.362. The Morgan fingerprint density at radius 3 is 2.62 bits per heavy atom. The highest BCUT2D eigenvalue weighted by atomic mass is 19.4. The van der Waals surface area contributed by atoms with Crippen molar-refractivity contribution in [3.63, 3.8) is 0 Å². The van der Waals surface area contributed by atoms with Crippen molar-refractivity contribution in [1.29, 1.82) is 5.26 Å². The normalized spacial score (nSPS) is 25.5. The van der Waals surface area contributed by atoms with Crippen LogP contribution < -0.4 is 11.1 Å². The summed E-state index contributed by atoms with van der Waals surface area (Å²) >= 11 is 0. The smallest absolute Gasteiger partial charge is 0.385 e. The van der Waals surface area contributed by atoms with E-state index in [0.29, 0.717) is 12.8 Å². The number of amidine groups is 1. The predicted octanol–water partition coefficient (Wildman–Crippen LogP) is 3.43. The quantitative estimate of drug-likeness (QED) is 0.698. The van der Waals surface area contributed by atoms with Crippen molar-refractivity contribution in [2.45, 2.75) is 30.4 Å². The van der Waals surface area contributed by atoms with Gasteiger partial charge in [0.05, 0.1) is 5.56 Å². The Balaban J connectivity index is 1.73. The molecule has 1 aliphatic carbocycles. The second-order valence-corrected chi connectivity index (χ2v) is 7.60. The molecule has 4 rings (SSSR count). The lowest BCUT2D eigenvalue weighted by Gasteiger charge is -2.46. The van der Waals surface area contributed by atoms with Crippen molar-refractivity contribution in [3.05, 3.63) is 59.4 Å². The standard InChI is InChI=1S/C21H17F4N5O2/c22-20(21(23,24)25)19(13-5-6-13,30-17(27)11-32-20)14-2-1-3-15(8-14)29-18(31)16-7-4-12(9-26)10-28-16/h1-4,7-8,10,13H,5-6,11H2,(H2,27,30)(H,29,31). The zero-order chi connectivity index (χ0) is 23.1. The van der Waals surface area contributed by atoms with Gasteiger partial charge >= 0.3 is 12.0 Å². The number of nitrogens with two attached hydrogens (primary N) is 1. The summed E-state index contributed by atoms with van der Waals surface area (Å²) in [5, 5.41) is 11.3. The van der Waals surface area contributed by atoms with Gasteiger partial charge in [-0.2, -0.15) is 22.8 Å². The Bertz CT molecular complexity index is 1120. The van der Waals surface area contributed by atoms with E-state index in [0.717, 1.165) is 0 Å². The fourth-order valence-corrected chi connectivity index (χ4v) is 3.88. The molecule has 2 atom stereocenters. The molecule has 166 valence electrons. The number of halogens is 4. The topological polar surface area (TPSA) is 113 Å². The maximum atomic E-state index is 15.6. The zero-order valence-electron chi connectivity index (χ0n) is 16.5. The number of alkyl halides is 4. The highest BCUT2D eigenvalue weighted by Crippen LogP contribution is 2.61. The maximum Gasteiger partial charge on any atom is 0.451 e. The predicted molar refractivity (Wildman–Crippen MR) is 105 cm³/mol. The number of rotatable bonds is 4. The Morgan fingerprint density at radius 1 is 1.28 bits per heavy atom.